The van der Waals surface area contributed by atoms with Crippen LogP contribution in [0.1, 0.15) is 72.5 Å². The molecule has 2 N–H and O–H groups in total. The molecular weight excluding hydrogens is 370 g/mol. The van der Waals surface area contributed by atoms with E-state index in [0.717, 1.165) is 30.9 Å². The minimum atomic E-state index is -0.526. The van der Waals surface area contributed by atoms with Gasteiger partial charge in [0.1, 0.15) is 17.6 Å². The summed E-state index contributed by atoms with van der Waals surface area (Å²) < 4.78 is 2.22. The van der Waals surface area contributed by atoms with Gasteiger partial charge < -0.3 is 19.9 Å². The van der Waals surface area contributed by atoms with E-state index in [-0.39, 0.29) is 23.1 Å². The number of hydrogen-bond acceptors (Lipinski definition) is 5. The summed E-state index contributed by atoms with van der Waals surface area (Å²) in [6.07, 6.45) is 6.01. The number of aromatic hydroxyl groups is 1. The van der Waals surface area contributed by atoms with Gasteiger partial charge in [-0.2, -0.15) is 0 Å². The minimum Gasteiger partial charge on any atom is -0.507 e. The number of nitrogens with zero attached hydrogens (tertiary/aromatic N) is 4. The summed E-state index contributed by atoms with van der Waals surface area (Å²) in [5.41, 5.74) is 0.231. The van der Waals surface area contributed by atoms with Crippen molar-refractivity contribution in [2.45, 2.75) is 63.1 Å². The van der Waals surface area contributed by atoms with Crippen LogP contribution in [0, 0.1) is 0 Å². The zero-order valence-corrected chi connectivity index (χ0v) is 16.3. The van der Waals surface area contributed by atoms with Gasteiger partial charge in [-0.3, -0.25) is 9.59 Å². The fraction of sp³-hybridized carbons (Fsp3) is 0.524. The van der Waals surface area contributed by atoms with Crippen molar-refractivity contribution in [1.82, 2.24) is 25.0 Å². The molecule has 2 amide bonds. The van der Waals surface area contributed by atoms with E-state index in [0.29, 0.717) is 31.5 Å². The van der Waals surface area contributed by atoms with Crippen molar-refractivity contribution >= 4 is 11.8 Å². The molecule has 3 fully saturated rings. The zero-order valence-electron chi connectivity index (χ0n) is 16.3. The van der Waals surface area contributed by atoms with E-state index in [4.69, 9.17) is 0 Å². The normalized spacial score (nSPS) is 21.4. The predicted molar refractivity (Wildman–Crippen MR) is 104 cm³/mol. The fourth-order valence-electron chi connectivity index (χ4n) is 4.18. The molecule has 2 aliphatic carbocycles. The first-order chi connectivity index (χ1) is 14.1. The first-order valence-electron chi connectivity index (χ1n) is 10.4. The lowest BCUT2D eigenvalue weighted by Crippen LogP contribution is -2.46. The molecule has 8 heteroatoms. The van der Waals surface area contributed by atoms with Gasteiger partial charge in [-0.05, 0) is 50.7 Å². The van der Waals surface area contributed by atoms with Gasteiger partial charge in [-0.1, -0.05) is 12.1 Å². The lowest BCUT2D eigenvalue weighted by molar-refractivity contribution is -0.125. The highest BCUT2D eigenvalue weighted by Crippen LogP contribution is 2.44. The van der Waals surface area contributed by atoms with E-state index in [2.05, 4.69) is 20.1 Å². The first-order valence-corrected chi connectivity index (χ1v) is 10.4. The monoisotopic (exact) mass is 395 g/mol. The Hall–Kier alpha value is -2.90. The average Bonchev–Trinajstić information content (AvgIpc) is 3.66. The maximum Gasteiger partial charge on any atom is 0.258 e. The van der Waals surface area contributed by atoms with Gasteiger partial charge in [0, 0.05) is 18.5 Å². The smallest absolute Gasteiger partial charge is 0.258 e. The van der Waals surface area contributed by atoms with Gasteiger partial charge in [-0.15, -0.1) is 10.2 Å². The molecule has 1 aromatic heterocycles. The quantitative estimate of drug-likeness (QED) is 0.780. The van der Waals surface area contributed by atoms with Gasteiger partial charge in [-0.25, -0.2) is 0 Å². The van der Waals surface area contributed by atoms with Crippen LogP contribution in [0.5, 0.6) is 5.75 Å². The largest absolute Gasteiger partial charge is 0.507 e. The molecule has 1 saturated heterocycles. The third-order valence-electron chi connectivity index (χ3n) is 6.02. The highest BCUT2D eigenvalue weighted by Gasteiger charge is 2.38. The summed E-state index contributed by atoms with van der Waals surface area (Å²) in [6.45, 7) is 0.833. The van der Waals surface area contributed by atoms with Crippen LogP contribution in [0.2, 0.25) is 0 Å². The van der Waals surface area contributed by atoms with Crippen molar-refractivity contribution in [1.29, 1.82) is 0 Å². The van der Waals surface area contributed by atoms with Crippen molar-refractivity contribution in [3.63, 3.8) is 0 Å². The summed E-state index contributed by atoms with van der Waals surface area (Å²) in [6, 6.07) is 6.40. The van der Waals surface area contributed by atoms with E-state index < -0.39 is 6.04 Å². The second-order valence-electron chi connectivity index (χ2n) is 8.24. The van der Waals surface area contributed by atoms with E-state index in [9.17, 15) is 14.7 Å². The molecule has 0 bridgehead atoms. The summed E-state index contributed by atoms with van der Waals surface area (Å²) in [5, 5.41) is 21.7. The molecule has 0 spiro atoms. The highest BCUT2D eigenvalue weighted by atomic mass is 16.3. The molecule has 2 aromatic rings. The maximum absolute atomic E-state index is 12.9. The second kappa shape index (κ2) is 7.17. The van der Waals surface area contributed by atoms with Crippen LogP contribution in [-0.2, 0) is 11.3 Å². The van der Waals surface area contributed by atoms with Gasteiger partial charge in [0.05, 0.1) is 12.1 Å². The van der Waals surface area contributed by atoms with E-state index >= 15 is 0 Å². The van der Waals surface area contributed by atoms with Crippen LogP contribution in [0.25, 0.3) is 0 Å². The molecule has 152 valence electrons. The van der Waals surface area contributed by atoms with Crippen LogP contribution >= 0.6 is 0 Å². The van der Waals surface area contributed by atoms with Crippen LogP contribution in [-0.4, -0.2) is 49.2 Å². The van der Waals surface area contributed by atoms with Gasteiger partial charge >= 0.3 is 0 Å². The van der Waals surface area contributed by atoms with Gasteiger partial charge in [0.2, 0.25) is 5.91 Å². The number of carbonyl (C=O) groups is 2. The van der Waals surface area contributed by atoms with Gasteiger partial charge in [0.15, 0.2) is 5.82 Å². The molecule has 3 aliphatic rings. The van der Waals surface area contributed by atoms with Crippen LogP contribution in [0.3, 0.4) is 0 Å². The van der Waals surface area contributed by atoms with E-state index in [1.165, 1.54) is 18.9 Å². The number of aromatic nitrogens is 3. The number of amides is 2. The molecule has 8 nitrogen and oxygen atoms in total. The summed E-state index contributed by atoms with van der Waals surface area (Å²) >= 11 is 0. The molecule has 5 rings (SSSR count). The van der Waals surface area contributed by atoms with Crippen molar-refractivity contribution in [3.05, 3.63) is 41.5 Å². The SMILES string of the molecule is O=C(NCc1nnc(C2CC2)n1C1CC1)C1CCCN1C(=O)c1ccccc1O. The standard InChI is InChI=1S/C21H25N5O3/c27-17-6-2-1-4-15(17)21(29)25-11-3-5-16(25)20(28)22-12-18-23-24-19(13-7-8-13)26(18)14-9-10-14/h1-2,4,6,13-14,16,27H,3,5,7-12H2,(H,22,28). The molecule has 2 heterocycles. The Balaban J connectivity index is 1.27. The van der Waals surface area contributed by atoms with E-state index in [1.807, 2.05) is 0 Å². The number of hydrogen-bond donors (Lipinski definition) is 2. The second-order valence-corrected chi connectivity index (χ2v) is 8.24. The Morgan fingerprint density at radius 3 is 2.62 bits per heavy atom. The average molecular weight is 395 g/mol. The van der Waals surface area contributed by atoms with Crippen molar-refractivity contribution in [3.8, 4) is 5.75 Å². The van der Waals surface area contributed by atoms with Crippen molar-refractivity contribution in [2.24, 2.45) is 0 Å². The third-order valence-corrected chi connectivity index (χ3v) is 6.02. The Kier molecular flexibility index (Phi) is 4.49. The Bertz CT molecular complexity index is 948. The summed E-state index contributed by atoms with van der Waals surface area (Å²) in [7, 11) is 0. The zero-order chi connectivity index (χ0) is 20.0. The van der Waals surface area contributed by atoms with Crippen molar-refractivity contribution in [2.75, 3.05) is 6.54 Å². The van der Waals surface area contributed by atoms with Crippen LogP contribution in [0.15, 0.2) is 24.3 Å². The third kappa shape index (κ3) is 3.47. The molecule has 29 heavy (non-hydrogen) atoms. The first kappa shape index (κ1) is 18.1. The van der Waals surface area contributed by atoms with Crippen LogP contribution in [0.4, 0.5) is 0 Å². The molecule has 1 aromatic carbocycles. The number of para-hydroxylation sites is 1. The number of benzene rings is 1. The van der Waals surface area contributed by atoms with Gasteiger partial charge in [0.25, 0.3) is 5.91 Å². The number of phenolic OH excluding ortho intramolecular Hbond substituents is 1. The number of carbonyl (C=O) groups excluding carboxylic acids is 2. The Morgan fingerprint density at radius 1 is 1.10 bits per heavy atom. The molecule has 0 radical (unpaired) electrons. The lowest BCUT2D eigenvalue weighted by atomic mass is 10.1. The molecular formula is C21H25N5O3. The molecule has 1 unspecified atom stereocenters. The van der Waals surface area contributed by atoms with Crippen molar-refractivity contribution < 1.29 is 14.7 Å². The number of likely N-dealkylation sites (tertiary alicyclic amines) is 1. The maximum atomic E-state index is 12.9. The molecule has 1 aliphatic heterocycles. The summed E-state index contributed by atoms with van der Waals surface area (Å²) in [4.78, 5) is 27.3. The Labute approximate surface area is 168 Å². The highest BCUT2D eigenvalue weighted by molar-refractivity contribution is 5.99. The number of nitrogens with one attached hydrogen (secondary N) is 1. The predicted octanol–water partition coefficient (Wildman–Crippen LogP) is 2.12. The molecule has 1 atom stereocenters. The summed E-state index contributed by atoms with van der Waals surface area (Å²) in [5.74, 6) is 1.85. The topological polar surface area (TPSA) is 100 Å². The molecule has 2 saturated carbocycles. The minimum absolute atomic E-state index is 0.0614. The fourth-order valence-corrected chi connectivity index (χ4v) is 4.18. The number of rotatable bonds is 6. The Morgan fingerprint density at radius 2 is 1.90 bits per heavy atom. The van der Waals surface area contributed by atoms with E-state index in [1.54, 1.807) is 23.1 Å². The lowest BCUT2D eigenvalue weighted by Gasteiger charge is -2.24. The van der Waals surface area contributed by atoms with Crippen LogP contribution < -0.4 is 5.32 Å². The number of phenols is 1.